The molecule has 0 saturated carbocycles. The molecule has 4 rings (SSSR count). The van der Waals surface area contributed by atoms with Gasteiger partial charge in [-0.15, -0.1) is 0 Å². The van der Waals surface area contributed by atoms with Crippen molar-refractivity contribution in [3.8, 4) is 11.3 Å². The second kappa shape index (κ2) is 9.37. The Labute approximate surface area is 184 Å². The molecule has 0 N–H and O–H groups in total. The molecule has 30 heavy (non-hydrogen) atoms. The van der Waals surface area contributed by atoms with Crippen LogP contribution in [0.1, 0.15) is 25.2 Å². The van der Waals surface area contributed by atoms with Gasteiger partial charge < -0.3 is 19.0 Å². The smallest absolute Gasteiger partial charge is 0.251 e. The van der Waals surface area contributed by atoms with Gasteiger partial charge in [0, 0.05) is 56.2 Å². The Bertz CT molecular complexity index is 919. The summed E-state index contributed by atoms with van der Waals surface area (Å²) in [5.41, 5.74) is 0.707. The number of benzene rings is 1. The minimum Gasteiger partial charge on any atom is -0.441 e. The fourth-order valence-electron chi connectivity index (χ4n) is 3.76. The second-order valence-corrected chi connectivity index (χ2v) is 8.29. The van der Waals surface area contributed by atoms with Crippen molar-refractivity contribution in [2.45, 2.75) is 31.8 Å². The Morgan fingerprint density at radius 3 is 2.60 bits per heavy atom. The number of carbonyl (C=O) groups is 2. The summed E-state index contributed by atoms with van der Waals surface area (Å²) in [5, 5.41) is 1.03. The van der Waals surface area contributed by atoms with E-state index in [1.165, 1.54) is 0 Å². The monoisotopic (exact) mass is 451 g/mol. The molecule has 0 radical (unpaired) electrons. The summed E-state index contributed by atoms with van der Waals surface area (Å²) < 4.78 is 11.2. The zero-order valence-electron chi connectivity index (χ0n) is 16.5. The standard InChI is InChI=1S/C21H23Cl2N3O4/c22-14-3-4-15(16(23)12-14)18-13-24-19(30-18)5-6-20(27)25-7-9-26(10-8-25)21(28)17-2-1-11-29-17/h3-4,12-13,17H,1-2,5-11H2. The Balaban J connectivity index is 1.26. The molecule has 0 bridgehead atoms. The van der Waals surface area contributed by atoms with Crippen LogP contribution in [0.25, 0.3) is 11.3 Å². The number of ether oxygens (including phenoxy) is 1. The predicted molar refractivity (Wildman–Crippen MR) is 112 cm³/mol. The maximum absolute atomic E-state index is 12.6. The molecule has 2 fully saturated rings. The van der Waals surface area contributed by atoms with E-state index in [-0.39, 0.29) is 17.9 Å². The molecular weight excluding hydrogens is 429 g/mol. The Morgan fingerprint density at radius 2 is 1.90 bits per heavy atom. The molecule has 1 aromatic carbocycles. The molecule has 0 aliphatic carbocycles. The molecule has 2 aliphatic rings. The molecule has 2 aliphatic heterocycles. The highest BCUT2D eigenvalue weighted by Gasteiger charge is 2.31. The third-order valence-electron chi connectivity index (χ3n) is 5.45. The third-order valence-corrected chi connectivity index (χ3v) is 6.00. The Hall–Kier alpha value is -2.09. The quantitative estimate of drug-likeness (QED) is 0.695. The highest BCUT2D eigenvalue weighted by atomic mass is 35.5. The lowest BCUT2D eigenvalue weighted by molar-refractivity contribution is -0.146. The van der Waals surface area contributed by atoms with Gasteiger partial charge in [0.15, 0.2) is 11.7 Å². The summed E-state index contributed by atoms with van der Waals surface area (Å²) in [7, 11) is 0. The van der Waals surface area contributed by atoms with Crippen LogP contribution in [0.3, 0.4) is 0 Å². The number of piperazine rings is 1. The van der Waals surface area contributed by atoms with Gasteiger partial charge in [-0.3, -0.25) is 9.59 Å². The van der Waals surface area contributed by atoms with Crippen molar-refractivity contribution in [2.75, 3.05) is 32.8 Å². The predicted octanol–water partition coefficient (Wildman–Crippen LogP) is 3.43. The van der Waals surface area contributed by atoms with Gasteiger partial charge in [0.2, 0.25) is 5.91 Å². The fraction of sp³-hybridized carbons (Fsp3) is 0.476. The lowest BCUT2D eigenvalue weighted by Crippen LogP contribution is -2.52. The van der Waals surface area contributed by atoms with E-state index < -0.39 is 0 Å². The minimum absolute atomic E-state index is 0.0310. The first-order valence-corrected chi connectivity index (χ1v) is 10.8. The SMILES string of the molecule is O=C(CCc1ncc(-c2ccc(Cl)cc2Cl)o1)N1CCN(C(=O)C2CCCO2)CC1. The summed E-state index contributed by atoms with van der Waals surface area (Å²) in [6.07, 6.45) is 3.72. The molecule has 1 unspecified atom stereocenters. The van der Waals surface area contributed by atoms with Crippen molar-refractivity contribution < 1.29 is 18.7 Å². The number of aromatic nitrogens is 1. The van der Waals surface area contributed by atoms with Gasteiger partial charge in [0.05, 0.1) is 11.2 Å². The first kappa shape index (κ1) is 21.2. The molecule has 2 amide bonds. The zero-order chi connectivity index (χ0) is 21.1. The number of amides is 2. The van der Waals surface area contributed by atoms with Crippen LogP contribution in [0.5, 0.6) is 0 Å². The number of hydrogen-bond donors (Lipinski definition) is 0. The number of oxazole rings is 1. The van der Waals surface area contributed by atoms with Gasteiger partial charge in [-0.05, 0) is 31.0 Å². The number of halogens is 2. The van der Waals surface area contributed by atoms with Crippen molar-refractivity contribution >= 4 is 35.0 Å². The van der Waals surface area contributed by atoms with Crippen molar-refractivity contribution in [2.24, 2.45) is 0 Å². The van der Waals surface area contributed by atoms with Crippen LogP contribution in [0.2, 0.25) is 10.0 Å². The normalized spacial score (nSPS) is 19.3. The largest absolute Gasteiger partial charge is 0.441 e. The maximum Gasteiger partial charge on any atom is 0.251 e. The lowest BCUT2D eigenvalue weighted by Gasteiger charge is -2.35. The van der Waals surface area contributed by atoms with Crippen LogP contribution in [-0.2, 0) is 20.7 Å². The van der Waals surface area contributed by atoms with Crippen molar-refractivity contribution in [1.82, 2.24) is 14.8 Å². The molecule has 1 aromatic heterocycles. The molecule has 3 heterocycles. The van der Waals surface area contributed by atoms with E-state index in [4.69, 9.17) is 32.4 Å². The first-order chi connectivity index (χ1) is 14.5. The second-order valence-electron chi connectivity index (χ2n) is 7.45. The van der Waals surface area contributed by atoms with Gasteiger partial charge in [0.25, 0.3) is 5.91 Å². The van der Waals surface area contributed by atoms with Crippen LogP contribution in [0.4, 0.5) is 0 Å². The third kappa shape index (κ3) is 4.79. The molecule has 1 atom stereocenters. The van der Waals surface area contributed by atoms with Crippen LogP contribution in [0.15, 0.2) is 28.8 Å². The summed E-state index contributed by atoms with van der Waals surface area (Å²) in [6.45, 7) is 2.82. The van der Waals surface area contributed by atoms with Gasteiger partial charge in [0.1, 0.15) is 6.10 Å². The molecule has 0 spiro atoms. The first-order valence-electron chi connectivity index (χ1n) is 10.1. The topological polar surface area (TPSA) is 75.9 Å². The molecule has 2 saturated heterocycles. The zero-order valence-corrected chi connectivity index (χ0v) is 18.0. The fourth-order valence-corrected chi connectivity index (χ4v) is 4.27. The molecule has 7 nitrogen and oxygen atoms in total. The van der Waals surface area contributed by atoms with Crippen LogP contribution < -0.4 is 0 Å². The summed E-state index contributed by atoms with van der Waals surface area (Å²) in [4.78, 5) is 32.8. The molecule has 9 heteroatoms. The average molecular weight is 452 g/mol. The number of aryl methyl sites for hydroxylation is 1. The molecule has 160 valence electrons. The lowest BCUT2D eigenvalue weighted by atomic mass is 10.2. The highest BCUT2D eigenvalue weighted by Crippen LogP contribution is 2.31. The van der Waals surface area contributed by atoms with E-state index in [1.807, 2.05) is 0 Å². The van der Waals surface area contributed by atoms with Gasteiger partial charge >= 0.3 is 0 Å². The van der Waals surface area contributed by atoms with E-state index in [1.54, 1.807) is 34.2 Å². The van der Waals surface area contributed by atoms with Gasteiger partial charge in [-0.1, -0.05) is 23.2 Å². The van der Waals surface area contributed by atoms with Crippen LogP contribution >= 0.6 is 23.2 Å². The van der Waals surface area contributed by atoms with Crippen molar-refractivity contribution in [1.29, 1.82) is 0 Å². The minimum atomic E-state index is -0.305. The Kier molecular flexibility index (Phi) is 6.61. The average Bonchev–Trinajstić information content (AvgIpc) is 3.44. The van der Waals surface area contributed by atoms with Crippen molar-refractivity contribution in [3.05, 3.63) is 40.3 Å². The van der Waals surface area contributed by atoms with Gasteiger partial charge in [-0.25, -0.2) is 4.98 Å². The van der Waals surface area contributed by atoms with Crippen molar-refractivity contribution in [3.63, 3.8) is 0 Å². The number of nitrogens with zero attached hydrogens (tertiary/aromatic N) is 3. The summed E-state index contributed by atoms with van der Waals surface area (Å²) >= 11 is 12.1. The van der Waals surface area contributed by atoms with E-state index in [9.17, 15) is 9.59 Å². The highest BCUT2D eigenvalue weighted by molar-refractivity contribution is 6.36. The van der Waals surface area contributed by atoms with Crippen LogP contribution in [-0.4, -0.2) is 65.5 Å². The molecule has 2 aromatic rings. The van der Waals surface area contributed by atoms with E-state index in [2.05, 4.69) is 4.98 Å². The van der Waals surface area contributed by atoms with E-state index in [0.29, 0.717) is 72.9 Å². The van der Waals surface area contributed by atoms with Gasteiger partial charge in [-0.2, -0.15) is 0 Å². The number of carbonyl (C=O) groups excluding carboxylic acids is 2. The number of hydrogen-bond acceptors (Lipinski definition) is 5. The summed E-state index contributed by atoms with van der Waals surface area (Å²) in [5.74, 6) is 1.10. The number of rotatable bonds is 5. The van der Waals surface area contributed by atoms with Crippen LogP contribution in [0, 0.1) is 0 Å². The van der Waals surface area contributed by atoms with E-state index >= 15 is 0 Å². The Morgan fingerprint density at radius 1 is 1.13 bits per heavy atom. The summed E-state index contributed by atoms with van der Waals surface area (Å²) in [6, 6.07) is 5.16. The van der Waals surface area contributed by atoms with E-state index in [0.717, 1.165) is 12.8 Å². The molecular formula is C21H23Cl2N3O4. The maximum atomic E-state index is 12.6.